The number of hydrogen-bond donors (Lipinski definition) is 2. The summed E-state index contributed by atoms with van der Waals surface area (Å²) in [5.74, 6) is 0.0237. The maximum absolute atomic E-state index is 12.2. The molecule has 0 aliphatic carbocycles. The van der Waals surface area contributed by atoms with Gasteiger partial charge >= 0.3 is 0 Å². The Morgan fingerprint density at radius 2 is 2.00 bits per heavy atom. The van der Waals surface area contributed by atoms with Gasteiger partial charge in [0.05, 0.1) is 6.04 Å². The predicted molar refractivity (Wildman–Crippen MR) is 86.2 cm³/mol. The molecule has 2 rings (SSSR count). The van der Waals surface area contributed by atoms with E-state index in [0.29, 0.717) is 19.3 Å². The van der Waals surface area contributed by atoms with Crippen molar-refractivity contribution in [1.29, 1.82) is 0 Å². The lowest BCUT2D eigenvalue weighted by atomic mass is 10.0. The molecule has 1 aromatic heterocycles. The number of carbonyl (C=O) groups is 1. The maximum atomic E-state index is 12.2. The van der Waals surface area contributed by atoms with Crippen molar-refractivity contribution in [3.05, 3.63) is 66.0 Å². The first-order chi connectivity index (χ1) is 10.8. The van der Waals surface area contributed by atoms with Crippen LogP contribution in [0.25, 0.3) is 0 Å². The fourth-order valence-corrected chi connectivity index (χ4v) is 2.37. The second-order valence-electron chi connectivity index (χ2n) is 5.26. The molecule has 2 N–H and O–H groups in total. The molecule has 22 heavy (non-hydrogen) atoms. The largest absolute Gasteiger partial charge is 0.396 e. The minimum absolute atomic E-state index is 0.0237. The maximum Gasteiger partial charge on any atom is 0.220 e. The van der Waals surface area contributed by atoms with E-state index in [1.807, 2.05) is 42.5 Å². The summed E-state index contributed by atoms with van der Waals surface area (Å²) in [5.41, 5.74) is 2.13. The predicted octanol–water partition coefficient (Wildman–Crippen LogP) is 2.64. The zero-order valence-corrected chi connectivity index (χ0v) is 12.6. The van der Waals surface area contributed by atoms with Gasteiger partial charge in [0, 0.05) is 25.4 Å². The molecule has 0 aliphatic rings. The molecular weight excluding hydrogens is 276 g/mol. The van der Waals surface area contributed by atoms with Crippen molar-refractivity contribution < 1.29 is 9.90 Å². The number of amides is 1. The van der Waals surface area contributed by atoms with Gasteiger partial charge in [-0.15, -0.1) is 0 Å². The Morgan fingerprint density at radius 1 is 1.18 bits per heavy atom. The number of hydrogen-bond acceptors (Lipinski definition) is 3. The van der Waals surface area contributed by atoms with Crippen molar-refractivity contribution >= 4 is 5.91 Å². The molecule has 0 radical (unpaired) electrons. The molecule has 0 aliphatic heterocycles. The number of aromatic nitrogens is 1. The number of carbonyl (C=O) groups excluding carboxylic acids is 1. The quantitative estimate of drug-likeness (QED) is 0.787. The molecule has 2 aromatic rings. The summed E-state index contributed by atoms with van der Waals surface area (Å²) >= 11 is 0. The van der Waals surface area contributed by atoms with Crippen LogP contribution in [-0.2, 0) is 11.2 Å². The molecule has 4 nitrogen and oxygen atoms in total. The van der Waals surface area contributed by atoms with E-state index in [4.69, 9.17) is 5.11 Å². The second kappa shape index (κ2) is 8.95. The molecule has 1 atom stereocenters. The molecule has 0 fully saturated rings. The smallest absolute Gasteiger partial charge is 0.220 e. The van der Waals surface area contributed by atoms with Gasteiger partial charge in [0.2, 0.25) is 5.91 Å². The molecule has 0 saturated heterocycles. The molecule has 1 heterocycles. The number of nitrogens with one attached hydrogen (secondary N) is 1. The molecule has 1 unspecified atom stereocenters. The molecular formula is C18H22N2O2. The molecule has 116 valence electrons. The normalized spacial score (nSPS) is 11.9. The third-order valence-electron chi connectivity index (χ3n) is 3.55. The number of aryl methyl sites for hydroxylation is 1. The number of nitrogens with zero attached hydrogens (tertiary/aromatic N) is 1. The number of benzene rings is 1. The van der Waals surface area contributed by atoms with Crippen LogP contribution in [-0.4, -0.2) is 22.6 Å². The van der Waals surface area contributed by atoms with Crippen molar-refractivity contribution in [3.8, 4) is 0 Å². The van der Waals surface area contributed by atoms with Crippen molar-refractivity contribution in [3.63, 3.8) is 0 Å². The van der Waals surface area contributed by atoms with E-state index in [1.54, 1.807) is 12.4 Å². The molecule has 1 amide bonds. The van der Waals surface area contributed by atoms with Crippen LogP contribution in [0.4, 0.5) is 0 Å². The van der Waals surface area contributed by atoms with E-state index in [-0.39, 0.29) is 18.6 Å². The van der Waals surface area contributed by atoms with Gasteiger partial charge in [0.25, 0.3) is 0 Å². The van der Waals surface area contributed by atoms with E-state index >= 15 is 0 Å². The van der Waals surface area contributed by atoms with Crippen LogP contribution < -0.4 is 5.32 Å². The van der Waals surface area contributed by atoms with Crippen LogP contribution in [0.3, 0.4) is 0 Å². The monoisotopic (exact) mass is 298 g/mol. The summed E-state index contributed by atoms with van der Waals surface area (Å²) in [6.45, 7) is 0.134. The summed E-state index contributed by atoms with van der Waals surface area (Å²) < 4.78 is 0. The van der Waals surface area contributed by atoms with E-state index < -0.39 is 0 Å². The van der Waals surface area contributed by atoms with Crippen LogP contribution in [0.1, 0.15) is 36.4 Å². The van der Waals surface area contributed by atoms with Crippen molar-refractivity contribution in [1.82, 2.24) is 10.3 Å². The fraction of sp³-hybridized carbons (Fsp3) is 0.333. The molecule has 0 spiro atoms. The van der Waals surface area contributed by atoms with Crippen molar-refractivity contribution in [2.75, 3.05) is 6.61 Å². The van der Waals surface area contributed by atoms with Crippen LogP contribution in [0, 0.1) is 0 Å². The van der Waals surface area contributed by atoms with E-state index in [9.17, 15) is 4.79 Å². The SMILES string of the molecule is O=C(CCc1cccnc1)NC(CCCO)c1ccccc1. The Morgan fingerprint density at radius 3 is 2.68 bits per heavy atom. The highest BCUT2D eigenvalue weighted by molar-refractivity contribution is 5.76. The summed E-state index contributed by atoms with van der Waals surface area (Å²) in [6.07, 6.45) is 6.04. The van der Waals surface area contributed by atoms with Crippen molar-refractivity contribution in [2.24, 2.45) is 0 Å². The highest BCUT2D eigenvalue weighted by atomic mass is 16.3. The topological polar surface area (TPSA) is 62.2 Å². The third-order valence-corrected chi connectivity index (χ3v) is 3.55. The van der Waals surface area contributed by atoms with Crippen LogP contribution in [0.15, 0.2) is 54.9 Å². The van der Waals surface area contributed by atoms with Crippen LogP contribution in [0.2, 0.25) is 0 Å². The number of pyridine rings is 1. The second-order valence-corrected chi connectivity index (χ2v) is 5.26. The van der Waals surface area contributed by atoms with Crippen LogP contribution >= 0.6 is 0 Å². The molecule has 0 saturated carbocycles. The first-order valence-electron chi connectivity index (χ1n) is 7.63. The molecule has 4 heteroatoms. The highest BCUT2D eigenvalue weighted by Crippen LogP contribution is 2.18. The van der Waals surface area contributed by atoms with Gasteiger partial charge in [-0.25, -0.2) is 0 Å². The lowest BCUT2D eigenvalue weighted by Gasteiger charge is -2.19. The number of aliphatic hydroxyl groups excluding tert-OH is 1. The van der Waals surface area contributed by atoms with Gasteiger partial charge in [0.1, 0.15) is 0 Å². The van der Waals surface area contributed by atoms with Gasteiger partial charge in [-0.05, 0) is 36.5 Å². The van der Waals surface area contributed by atoms with Gasteiger partial charge < -0.3 is 10.4 Å². The van der Waals surface area contributed by atoms with Crippen LogP contribution in [0.5, 0.6) is 0 Å². The van der Waals surface area contributed by atoms with Crippen molar-refractivity contribution in [2.45, 2.75) is 31.7 Å². The standard InChI is InChI=1S/C18H22N2O2/c21-13-5-9-17(16-7-2-1-3-8-16)20-18(22)11-10-15-6-4-12-19-14-15/h1-4,6-8,12,14,17,21H,5,9-11,13H2,(H,20,22). The Kier molecular flexibility index (Phi) is 6.58. The Hall–Kier alpha value is -2.20. The fourth-order valence-electron chi connectivity index (χ4n) is 2.37. The first-order valence-corrected chi connectivity index (χ1v) is 7.63. The first kappa shape index (κ1) is 16.2. The minimum atomic E-state index is -0.0465. The summed E-state index contributed by atoms with van der Waals surface area (Å²) in [6, 6.07) is 13.7. The van der Waals surface area contributed by atoms with Gasteiger partial charge in [0.15, 0.2) is 0 Å². The van der Waals surface area contributed by atoms with E-state index in [2.05, 4.69) is 10.3 Å². The highest BCUT2D eigenvalue weighted by Gasteiger charge is 2.14. The summed E-state index contributed by atoms with van der Waals surface area (Å²) in [5, 5.41) is 12.1. The summed E-state index contributed by atoms with van der Waals surface area (Å²) in [4.78, 5) is 16.2. The summed E-state index contributed by atoms with van der Waals surface area (Å²) in [7, 11) is 0. The Bertz CT molecular complexity index is 558. The average molecular weight is 298 g/mol. The van der Waals surface area contributed by atoms with E-state index in [1.165, 1.54) is 0 Å². The van der Waals surface area contributed by atoms with Gasteiger partial charge in [-0.2, -0.15) is 0 Å². The molecule has 0 bridgehead atoms. The number of aliphatic hydroxyl groups is 1. The molecule has 1 aromatic carbocycles. The lowest BCUT2D eigenvalue weighted by molar-refractivity contribution is -0.121. The van der Waals surface area contributed by atoms with E-state index in [0.717, 1.165) is 17.5 Å². The third kappa shape index (κ3) is 5.30. The lowest BCUT2D eigenvalue weighted by Crippen LogP contribution is -2.29. The number of rotatable bonds is 8. The van der Waals surface area contributed by atoms with Gasteiger partial charge in [-0.3, -0.25) is 9.78 Å². The minimum Gasteiger partial charge on any atom is -0.396 e. The zero-order chi connectivity index (χ0) is 15.6. The zero-order valence-electron chi connectivity index (χ0n) is 12.6. The Balaban J connectivity index is 1.90. The van der Waals surface area contributed by atoms with Gasteiger partial charge in [-0.1, -0.05) is 36.4 Å². The average Bonchev–Trinajstić information content (AvgIpc) is 2.58. The Labute approximate surface area is 131 Å².